The number of aldehydes is 1. The van der Waals surface area contributed by atoms with Crippen LogP contribution in [0.25, 0.3) is 0 Å². The third-order valence-corrected chi connectivity index (χ3v) is 3.08. The summed E-state index contributed by atoms with van der Waals surface area (Å²) in [4.78, 5) is 10.3. The number of nitrogens with one attached hydrogen (secondary N) is 1. The molecule has 0 aliphatic heterocycles. The van der Waals surface area contributed by atoms with Crippen LogP contribution in [0.3, 0.4) is 0 Å². The number of carbonyl (C=O) groups excluding carboxylic acids is 1. The van der Waals surface area contributed by atoms with Crippen LogP contribution in [0.4, 0.5) is 0 Å². The topological polar surface area (TPSA) is 49.3 Å². The van der Waals surface area contributed by atoms with Gasteiger partial charge in [0, 0.05) is 19.1 Å². The highest BCUT2D eigenvalue weighted by atomic mass is 16.2. The second-order valence-electron chi connectivity index (χ2n) is 4.39. The van der Waals surface area contributed by atoms with Gasteiger partial charge in [0.05, 0.1) is 0 Å². The van der Waals surface area contributed by atoms with Crippen molar-refractivity contribution in [3.05, 3.63) is 0 Å². The Labute approximate surface area is 107 Å². The molecular formula is C14H31NO2. The Morgan fingerprint density at radius 3 is 1.82 bits per heavy atom. The molecule has 1 aliphatic rings. The molecule has 3 heteroatoms. The molecule has 0 saturated heterocycles. The van der Waals surface area contributed by atoms with E-state index < -0.39 is 0 Å². The first-order valence-corrected chi connectivity index (χ1v) is 6.85. The van der Waals surface area contributed by atoms with Crippen LogP contribution in [0.2, 0.25) is 0 Å². The second kappa shape index (κ2) is 15.6. The summed E-state index contributed by atoms with van der Waals surface area (Å²) in [5, 5.41) is 10.2. The Morgan fingerprint density at radius 2 is 1.59 bits per heavy atom. The lowest BCUT2D eigenvalue weighted by atomic mass is 9.87. The van der Waals surface area contributed by atoms with Gasteiger partial charge in [-0.1, -0.05) is 33.1 Å². The number of rotatable bonds is 4. The summed E-state index contributed by atoms with van der Waals surface area (Å²) in [5.74, 6) is 0.351. The van der Waals surface area contributed by atoms with E-state index in [2.05, 4.69) is 19.2 Å². The van der Waals surface area contributed by atoms with Crippen LogP contribution in [0.15, 0.2) is 0 Å². The number of hydrogen-bond donors (Lipinski definition) is 2. The second-order valence-corrected chi connectivity index (χ2v) is 4.39. The van der Waals surface area contributed by atoms with Gasteiger partial charge in [0.2, 0.25) is 0 Å². The van der Waals surface area contributed by atoms with Gasteiger partial charge in [-0.25, -0.2) is 0 Å². The Bertz CT molecular complexity index is 141. The molecular weight excluding hydrogens is 214 g/mol. The van der Waals surface area contributed by atoms with E-state index in [1.165, 1.54) is 32.1 Å². The van der Waals surface area contributed by atoms with Crippen molar-refractivity contribution in [3.63, 3.8) is 0 Å². The van der Waals surface area contributed by atoms with Crippen LogP contribution in [-0.2, 0) is 4.79 Å². The van der Waals surface area contributed by atoms with Gasteiger partial charge in [0.25, 0.3) is 0 Å². The van der Waals surface area contributed by atoms with Crippen LogP contribution >= 0.6 is 0 Å². The van der Waals surface area contributed by atoms with Crippen molar-refractivity contribution in [1.82, 2.24) is 5.32 Å². The largest absolute Gasteiger partial charge is 0.400 e. The average Bonchev–Trinajstić information content (AvgIpc) is 2.43. The Hall–Kier alpha value is -0.410. The summed E-state index contributed by atoms with van der Waals surface area (Å²) in [7, 11) is 2.99. The van der Waals surface area contributed by atoms with Crippen molar-refractivity contribution in [2.45, 2.75) is 64.8 Å². The van der Waals surface area contributed by atoms with E-state index in [1.54, 1.807) is 0 Å². The molecule has 1 rings (SSSR count). The quantitative estimate of drug-likeness (QED) is 0.749. The zero-order chi connectivity index (χ0) is 13.5. The monoisotopic (exact) mass is 245 g/mol. The maximum Gasteiger partial charge on any atom is 0.123 e. The van der Waals surface area contributed by atoms with Crippen LogP contribution in [0, 0.1) is 5.92 Å². The van der Waals surface area contributed by atoms with E-state index in [0.717, 1.165) is 26.2 Å². The van der Waals surface area contributed by atoms with Crippen LogP contribution < -0.4 is 5.32 Å². The maximum absolute atomic E-state index is 10.3. The molecule has 104 valence electrons. The molecule has 0 aromatic rings. The highest BCUT2D eigenvalue weighted by Crippen LogP contribution is 2.21. The first-order valence-electron chi connectivity index (χ1n) is 6.85. The summed E-state index contributed by atoms with van der Waals surface area (Å²) in [6, 6.07) is 0.663. The van der Waals surface area contributed by atoms with E-state index in [9.17, 15) is 4.79 Å². The molecule has 0 aromatic carbocycles. The van der Waals surface area contributed by atoms with Gasteiger partial charge >= 0.3 is 0 Å². The minimum atomic E-state index is 0.351. The zero-order valence-corrected chi connectivity index (χ0v) is 12.0. The number of carbonyl (C=O) groups is 1. The van der Waals surface area contributed by atoms with Crippen LogP contribution in [0.5, 0.6) is 0 Å². The van der Waals surface area contributed by atoms with E-state index in [1.807, 2.05) is 7.05 Å². The molecule has 0 atom stereocenters. The summed E-state index contributed by atoms with van der Waals surface area (Å²) in [5.41, 5.74) is 0. The summed E-state index contributed by atoms with van der Waals surface area (Å²) in [6.07, 6.45) is 9.67. The van der Waals surface area contributed by atoms with Crippen molar-refractivity contribution in [2.75, 3.05) is 14.2 Å². The minimum absolute atomic E-state index is 0.351. The first-order chi connectivity index (χ1) is 8.28. The lowest BCUT2D eigenvalue weighted by Crippen LogP contribution is -2.30. The molecule has 0 amide bonds. The first kappa shape index (κ1) is 18.9. The third kappa shape index (κ3) is 11.8. The fraction of sp³-hybridized carbons (Fsp3) is 0.929. The van der Waals surface area contributed by atoms with Gasteiger partial charge in [-0.3, -0.25) is 0 Å². The molecule has 0 unspecified atom stereocenters. The smallest absolute Gasteiger partial charge is 0.123 e. The standard InChI is InChI=1S/C8H15NO.C5H12.CH4O/c1-9-8-4-2-7(6-10)3-5-8;1-3-5-4-2;1-2/h6-9H,2-5H2,1H3;3-5H2,1-2H3;2H,1H3. The van der Waals surface area contributed by atoms with Crippen LogP contribution in [-0.4, -0.2) is 31.6 Å². The van der Waals surface area contributed by atoms with Crippen LogP contribution in [0.1, 0.15) is 58.8 Å². The van der Waals surface area contributed by atoms with Gasteiger partial charge in [-0.2, -0.15) is 0 Å². The molecule has 1 fully saturated rings. The van der Waals surface area contributed by atoms with Gasteiger partial charge in [0.1, 0.15) is 6.29 Å². The Morgan fingerprint density at radius 1 is 1.12 bits per heavy atom. The number of unbranched alkanes of at least 4 members (excludes halogenated alkanes) is 2. The highest BCUT2D eigenvalue weighted by Gasteiger charge is 2.18. The average molecular weight is 245 g/mol. The van der Waals surface area contributed by atoms with Gasteiger partial charge < -0.3 is 15.2 Å². The molecule has 0 bridgehead atoms. The fourth-order valence-electron chi connectivity index (χ4n) is 1.90. The predicted octanol–water partition coefficient (Wildman–Crippen LogP) is 2.77. The third-order valence-electron chi connectivity index (χ3n) is 3.08. The molecule has 0 spiro atoms. The number of hydrogen-bond acceptors (Lipinski definition) is 3. The molecule has 3 nitrogen and oxygen atoms in total. The van der Waals surface area contributed by atoms with Crippen molar-refractivity contribution in [3.8, 4) is 0 Å². The van der Waals surface area contributed by atoms with E-state index in [-0.39, 0.29) is 0 Å². The predicted molar refractivity (Wildman–Crippen MR) is 74.2 cm³/mol. The Kier molecular flexibility index (Phi) is 17.4. The number of aliphatic hydroxyl groups excluding tert-OH is 1. The summed E-state index contributed by atoms with van der Waals surface area (Å²) < 4.78 is 0. The summed E-state index contributed by atoms with van der Waals surface area (Å²) in [6.45, 7) is 4.42. The van der Waals surface area contributed by atoms with Crippen molar-refractivity contribution in [1.29, 1.82) is 0 Å². The molecule has 2 N–H and O–H groups in total. The van der Waals surface area contributed by atoms with E-state index in [4.69, 9.17) is 5.11 Å². The zero-order valence-electron chi connectivity index (χ0n) is 12.0. The number of aliphatic hydroxyl groups is 1. The van der Waals surface area contributed by atoms with Gasteiger partial charge in [0.15, 0.2) is 0 Å². The molecule has 17 heavy (non-hydrogen) atoms. The van der Waals surface area contributed by atoms with Crippen molar-refractivity contribution in [2.24, 2.45) is 5.92 Å². The van der Waals surface area contributed by atoms with Gasteiger partial charge in [-0.05, 0) is 32.7 Å². The molecule has 0 aromatic heterocycles. The Balaban J connectivity index is 0. The highest BCUT2D eigenvalue weighted by molar-refractivity contribution is 5.53. The normalized spacial score (nSPS) is 22.6. The minimum Gasteiger partial charge on any atom is -0.400 e. The molecule has 1 aliphatic carbocycles. The van der Waals surface area contributed by atoms with E-state index >= 15 is 0 Å². The molecule has 0 radical (unpaired) electrons. The summed E-state index contributed by atoms with van der Waals surface area (Å²) >= 11 is 0. The van der Waals surface area contributed by atoms with Gasteiger partial charge in [-0.15, -0.1) is 0 Å². The van der Waals surface area contributed by atoms with E-state index in [0.29, 0.717) is 12.0 Å². The lowest BCUT2D eigenvalue weighted by Gasteiger charge is -2.24. The van der Waals surface area contributed by atoms with Crippen molar-refractivity contribution >= 4 is 6.29 Å². The maximum atomic E-state index is 10.3. The fourth-order valence-corrected chi connectivity index (χ4v) is 1.90. The lowest BCUT2D eigenvalue weighted by molar-refractivity contribution is -0.111. The molecule has 0 heterocycles. The van der Waals surface area contributed by atoms with Crippen molar-refractivity contribution < 1.29 is 9.90 Å². The SMILES string of the molecule is CCCCC.CNC1CCC(C=O)CC1.CO. The molecule has 1 saturated carbocycles.